The number of carbonyl (C=O) groups excluding carboxylic acids is 1. The van der Waals surface area contributed by atoms with E-state index in [1.54, 1.807) is 0 Å². The van der Waals surface area contributed by atoms with Crippen molar-refractivity contribution >= 4 is 23.3 Å². The van der Waals surface area contributed by atoms with Crippen molar-refractivity contribution in [2.45, 2.75) is 25.7 Å². The van der Waals surface area contributed by atoms with E-state index in [0.29, 0.717) is 0 Å². The Balaban J connectivity index is 1.44. The molecule has 5 rings (SSSR count). The predicted molar refractivity (Wildman–Crippen MR) is 98.2 cm³/mol. The molecule has 3 aliphatic carbocycles. The Hall–Kier alpha value is -2.08. The maximum absolute atomic E-state index is 12.9. The molecule has 1 heterocycles. The first-order chi connectivity index (χ1) is 12.6. The first-order valence-corrected chi connectivity index (χ1v) is 9.60. The zero-order valence-electron chi connectivity index (χ0n) is 14.9. The summed E-state index contributed by atoms with van der Waals surface area (Å²) >= 11 is 0. The van der Waals surface area contributed by atoms with Gasteiger partial charge in [-0.2, -0.15) is 0 Å². The number of nitrogens with zero attached hydrogens (tertiary/aromatic N) is 1. The number of morpholine rings is 1. The highest BCUT2D eigenvalue weighted by molar-refractivity contribution is 5.95. The van der Waals surface area contributed by atoms with Crippen molar-refractivity contribution in [2.24, 2.45) is 23.7 Å². The number of amides is 1. The molecule has 6 nitrogen and oxygen atoms in total. The lowest BCUT2D eigenvalue weighted by atomic mass is 9.58. The first-order valence-electron chi connectivity index (χ1n) is 9.60. The summed E-state index contributed by atoms with van der Waals surface area (Å²) in [5.74, 6) is -1.53. The SMILES string of the molecule is O=C(O)[C@H]1C2CCC(CC2)[C@@H]1C(=O)Nc1ccc(N2CCOCC2)cc1. The summed E-state index contributed by atoms with van der Waals surface area (Å²) in [6.45, 7) is 3.22. The zero-order valence-corrected chi connectivity index (χ0v) is 14.9. The summed E-state index contributed by atoms with van der Waals surface area (Å²) in [5, 5.41) is 12.6. The third-order valence-corrected chi connectivity index (χ3v) is 6.32. The third kappa shape index (κ3) is 3.30. The molecule has 2 bridgehead atoms. The van der Waals surface area contributed by atoms with Crippen LogP contribution in [-0.2, 0) is 14.3 Å². The number of ether oxygens (including phenoxy) is 1. The smallest absolute Gasteiger partial charge is 0.307 e. The van der Waals surface area contributed by atoms with E-state index < -0.39 is 17.8 Å². The van der Waals surface area contributed by atoms with Crippen LogP contribution < -0.4 is 10.2 Å². The molecule has 1 aromatic rings. The lowest BCUT2D eigenvalue weighted by Crippen LogP contribution is -2.49. The molecule has 6 heteroatoms. The molecule has 4 aliphatic rings. The molecular weight excluding hydrogens is 332 g/mol. The Bertz CT molecular complexity index is 661. The van der Waals surface area contributed by atoms with Crippen molar-refractivity contribution in [2.75, 3.05) is 36.5 Å². The van der Waals surface area contributed by atoms with Crippen molar-refractivity contribution in [3.05, 3.63) is 24.3 Å². The van der Waals surface area contributed by atoms with Crippen LogP contribution in [0.4, 0.5) is 11.4 Å². The van der Waals surface area contributed by atoms with E-state index in [0.717, 1.165) is 63.4 Å². The number of carboxylic acid groups (broad SMARTS) is 1. The molecule has 26 heavy (non-hydrogen) atoms. The second kappa shape index (κ2) is 7.27. The van der Waals surface area contributed by atoms with Gasteiger partial charge in [-0.15, -0.1) is 0 Å². The van der Waals surface area contributed by atoms with E-state index in [-0.39, 0.29) is 17.7 Å². The van der Waals surface area contributed by atoms with Crippen LogP contribution in [0.5, 0.6) is 0 Å². The highest BCUT2D eigenvalue weighted by atomic mass is 16.5. The molecule has 1 aromatic carbocycles. The molecule has 1 amide bonds. The van der Waals surface area contributed by atoms with Crippen LogP contribution in [0.3, 0.4) is 0 Å². The topological polar surface area (TPSA) is 78.9 Å². The van der Waals surface area contributed by atoms with Crippen LogP contribution in [0.2, 0.25) is 0 Å². The molecule has 0 spiro atoms. The van der Waals surface area contributed by atoms with E-state index in [1.807, 2.05) is 24.3 Å². The summed E-state index contributed by atoms with van der Waals surface area (Å²) in [4.78, 5) is 26.9. The Kier molecular flexibility index (Phi) is 4.85. The van der Waals surface area contributed by atoms with Gasteiger partial charge in [-0.1, -0.05) is 0 Å². The fourth-order valence-electron chi connectivity index (χ4n) is 4.98. The van der Waals surface area contributed by atoms with E-state index in [2.05, 4.69) is 10.2 Å². The molecule has 140 valence electrons. The van der Waals surface area contributed by atoms with Crippen LogP contribution in [-0.4, -0.2) is 43.3 Å². The number of hydrogen-bond donors (Lipinski definition) is 2. The Morgan fingerprint density at radius 1 is 0.962 bits per heavy atom. The van der Waals surface area contributed by atoms with Crippen LogP contribution in [0.15, 0.2) is 24.3 Å². The number of benzene rings is 1. The number of nitrogens with one attached hydrogen (secondary N) is 1. The molecule has 2 N–H and O–H groups in total. The average molecular weight is 358 g/mol. The Labute approximate surface area is 153 Å². The summed E-state index contributed by atoms with van der Waals surface area (Å²) in [7, 11) is 0. The number of hydrogen-bond acceptors (Lipinski definition) is 4. The lowest BCUT2D eigenvalue weighted by molar-refractivity contribution is -0.156. The second-order valence-electron chi connectivity index (χ2n) is 7.70. The third-order valence-electron chi connectivity index (χ3n) is 6.32. The first kappa shape index (κ1) is 17.3. The maximum Gasteiger partial charge on any atom is 0.307 e. The summed E-state index contributed by atoms with van der Waals surface area (Å²) in [5.41, 5.74) is 1.85. The van der Waals surface area contributed by atoms with Gasteiger partial charge in [0.05, 0.1) is 25.0 Å². The molecule has 1 saturated heterocycles. The predicted octanol–water partition coefficient (Wildman–Crippen LogP) is 2.60. The van der Waals surface area contributed by atoms with E-state index in [4.69, 9.17) is 4.74 Å². The summed E-state index contributed by atoms with van der Waals surface area (Å²) in [6.07, 6.45) is 3.84. The quantitative estimate of drug-likeness (QED) is 0.865. The molecule has 0 unspecified atom stereocenters. The number of carbonyl (C=O) groups is 2. The fraction of sp³-hybridized carbons (Fsp3) is 0.600. The zero-order chi connectivity index (χ0) is 18.1. The second-order valence-corrected chi connectivity index (χ2v) is 7.70. The minimum atomic E-state index is -0.817. The van der Waals surface area contributed by atoms with E-state index in [9.17, 15) is 14.7 Å². The van der Waals surface area contributed by atoms with Gasteiger partial charge >= 0.3 is 5.97 Å². The molecule has 4 fully saturated rings. The monoisotopic (exact) mass is 358 g/mol. The van der Waals surface area contributed by atoms with Crippen LogP contribution in [0.1, 0.15) is 25.7 Å². The number of aliphatic carboxylic acids is 1. The minimum absolute atomic E-state index is 0.133. The van der Waals surface area contributed by atoms with Gasteiger partial charge < -0.3 is 20.1 Å². The van der Waals surface area contributed by atoms with Gasteiger partial charge in [-0.25, -0.2) is 0 Å². The van der Waals surface area contributed by atoms with Crippen molar-refractivity contribution in [3.63, 3.8) is 0 Å². The van der Waals surface area contributed by atoms with Crippen molar-refractivity contribution in [1.82, 2.24) is 0 Å². The van der Waals surface area contributed by atoms with Gasteiger partial charge in [0.2, 0.25) is 5.91 Å². The normalized spacial score (nSPS) is 30.8. The number of carboxylic acids is 1. The van der Waals surface area contributed by atoms with E-state index >= 15 is 0 Å². The summed E-state index contributed by atoms with van der Waals surface area (Å²) in [6, 6.07) is 7.81. The van der Waals surface area contributed by atoms with E-state index in [1.165, 1.54) is 0 Å². The van der Waals surface area contributed by atoms with Gasteiger partial charge in [0.25, 0.3) is 0 Å². The highest BCUT2D eigenvalue weighted by Crippen LogP contribution is 2.49. The van der Waals surface area contributed by atoms with Gasteiger partial charge in [0.15, 0.2) is 0 Å². The summed E-state index contributed by atoms with van der Waals surface area (Å²) < 4.78 is 5.37. The van der Waals surface area contributed by atoms with Gasteiger partial charge in [0.1, 0.15) is 0 Å². The van der Waals surface area contributed by atoms with Crippen molar-refractivity contribution < 1.29 is 19.4 Å². The van der Waals surface area contributed by atoms with Gasteiger partial charge in [-0.05, 0) is 61.8 Å². The van der Waals surface area contributed by atoms with Crippen LogP contribution >= 0.6 is 0 Å². The molecule has 0 aromatic heterocycles. The average Bonchev–Trinajstić information content (AvgIpc) is 2.69. The Morgan fingerprint density at radius 3 is 2.12 bits per heavy atom. The van der Waals surface area contributed by atoms with Crippen LogP contribution in [0, 0.1) is 23.7 Å². The largest absolute Gasteiger partial charge is 0.481 e. The minimum Gasteiger partial charge on any atom is -0.481 e. The molecule has 3 saturated carbocycles. The molecule has 2 atom stereocenters. The molecule has 0 radical (unpaired) electrons. The molecule has 1 aliphatic heterocycles. The van der Waals surface area contributed by atoms with Gasteiger partial charge in [0, 0.05) is 24.5 Å². The van der Waals surface area contributed by atoms with Gasteiger partial charge in [-0.3, -0.25) is 9.59 Å². The fourth-order valence-corrected chi connectivity index (χ4v) is 4.98. The van der Waals surface area contributed by atoms with Crippen molar-refractivity contribution in [1.29, 1.82) is 0 Å². The molecular formula is C20H26N2O4. The number of fused-ring (bicyclic) bond motifs is 3. The number of anilines is 2. The Morgan fingerprint density at radius 2 is 1.54 bits per heavy atom. The van der Waals surface area contributed by atoms with Crippen molar-refractivity contribution in [3.8, 4) is 0 Å². The lowest BCUT2D eigenvalue weighted by Gasteiger charge is -2.45. The van der Waals surface area contributed by atoms with Crippen LogP contribution in [0.25, 0.3) is 0 Å². The standard InChI is InChI=1S/C20H26N2O4/c23-19(17-13-1-3-14(4-2-13)18(17)20(24)25)21-15-5-7-16(8-6-15)22-9-11-26-12-10-22/h5-8,13-14,17-18H,1-4,9-12H2,(H,21,23)(H,24,25)/t13?,14?,17-,18-/m0/s1. The highest BCUT2D eigenvalue weighted by Gasteiger charge is 2.50. The number of rotatable bonds is 4. The maximum atomic E-state index is 12.9.